The molecule has 0 aliphatic heterocycles. The smallest absolute Gasteiger partial charge is 0.0953 e. The third-order valence-corrected chi connectivity index (χ3v) is 2.75. The van der Waals surface area contributed by atoms with E-state index in [4.69, 9.17) is 10.2 Å². The van der Waals surface area contributed by atoms with Gasteiger partial charge in [0.15, 0.2) is 0 Å². The molecule has 0 aliphatic carbocycles. The van der Waals surface area contributed by atoms with Crippen LogP contribution in [0, 0.1) is 0 Å². The fourth-order valence-corrected chi connectivity index (χ4v) is 1.82. The molecule has 0 saturated heterocycles. The molecule has 0 bridgehead atoms. The highest BCUT2D eigenvalue weighted by atomic mass is 16.3. The van der Waals surface area contributed by atoms with Crippen molar-refractivity contribution >= 4 is 11.0 Å². The molecule has 17 heavy (non-hydrogen) atoms. The molecule has 2 N–H and O–H groups in total. The topological polar surface area (TPSA) is 64.9 Å². The van der Waals surface area contributed by atoms with Gasteiger partial charge in [-0.1, -0.05) is 6.07 Å². The van der Waals surface area contributed by atoms with Crippen molar-refractivity contribution in [3.63, 3.8) is 0 Å². The Bertz CT molecular complexity index is 634. The lowest BCUT2D eigenvalue weighted by atomic mass is 10.0. The van der Waals surface area contributed by atoms with Crippen LogP contribution in [0.15, 0.2) is 53.6 Å². The number of aromatic nitrogens is 2. The summed E-state index contributed by atoms with van der Waals surface area (Å²) in [5.74, 6) is 0. The number of furan rings is 1. The van der Waals surface area contributed by atoms with E-state index < -0.39 is 0 Å². The molecular weight excluding hydrogens is 214 g/mol. The lowest BCUT2D eigenvalue weighted by Crippen LogP contribution is -2.10. The predicted octanol–water partition coefficient (Wildman–Crippen LogP) is 2.27. The first kappa shape index (κ1) is 9.99. The van der Waals surface area contributed by atoms with Gasteiger partial charge in [0.2, 0.25) is 0 Å². The first-order chi connectivity index (χ1) is 8.34. The minimum atomic E-state index is -0.194. The van der Waals surface area contributed by atoms with Crippen LogP contribution < -0.4 is 5.73 Å². The summed E-state index contributed by atoms with van der Waals surface area (Å²) < 4.78 is 5.04. The van der Waals surface area contributed by atoms with Crippen LogP contribution in [-0.4, -0.2) is 9.97 Å². The van der Waals surface area contributed by atoms with Gasteiger partial charge in [-0.25, -0.2) is 0 Å². The highest BCUT2D eigenvalue weighted by Crippen LogP contribution is 2.22. The van der Waals surface area contributed by atoms with E-state index in [1.54, 1.807) is 24.9 Å². The Balaban J connectivity index is 2.06. The molecule has 0 saturated carbocycles. The average molecular weight is 225 g/mol. The summed E-state index contributed by atoms with van der Waals surface area (Å²) in [6.07, 6.45) is 6.63. The second-order valence-corrected chi connectivity index (χ2v) is 3.84. The normalized spacial score (nSPS) is 12.8. The van der Waals surface area contributed by atoms with Crippen molar-refractivity contribution in [2.24, 2.45) is 5.73 Å². The second kappa shape index (κ2) is 3.99. The summed E-state index contributed by atoms with van der Waals surface area (Å²) in [5, 5.41) is 0. The van der Waals surface area contributed by atoms with Gasteiger partial charge in [0, 0.05) is 18.0 Å². The van der Waals surface area contributed by atoms with Gasteiger partial charge in [0.25, 0.3) is 0 Å². The minimum Gasteiger partial charge on any atom is -0.472 e. The zero-order valence-corrected chi connectivity index (χ0v) is 9.08. The number of fused-ring (bicyclic) bond motifs is 1. The maximum absolute atomic E-state index is 6.14. The molecule has 4 nitrogen and oxygen atoms in total. The number of benzene rings is 1. The number of nitrogens with two attached hydrogens (primary N) is 1. The molecule has 3 rings (SSSR count). The van der Waals surface area contributed by atoms with Gasteiger partial charge in [-0.15, -0.1) is 0 Å². The van der Waals surface area contributed by atoms with E-state index in [9.17, 15) is 0 Å². The van der Waals surface area contributed by atoms with Crippen molar-refractivity contribution in [3.05, 3.63) is 60.3 Å². The Morgan fingerprint density at radius 2 is 1.82 bits per heavy atom. The highest BCUT2D eigenvalue weighted by molar-refractivity contribution is 5.74. The summed E-state index contributed by atoms with van der Waals surface area (Å²) in [4.78, 5) is 8.49. The monoisotopic (exact) mass is 225 g/mol. The largest absolute Gasteiger partial charge is 0.472 e. The number of nitrogens with zero attached hydrogens (tertiary/aromatic N) is 2. The Morgan fingerprint density at radius 1 is 1.00 bits per heavy atom. The standard InChI is InChI=1S/C13H11N3O/c14-13(10-3-6-17-8-10)9-1-2-11-12(7-9)16-5-4-15-11/h1-8,13H,14H2. The predicted molar refractivity (Wildman–Crippen MR) is 64.3 cm³/mol. The van der Waals surface area contributed by atoms with E-state index >= 15 is 0 Å². The molecule has 0 fully saturated rings. The molecule has 1 aromatic carbocycles. The van der Waals surface area contributed by atoms with Gasteiger partial charge in [-0.2, -0.15) is 0 Å². The molecule has 2 heterocycles. The Hall–Kier alpha value is -2.20. The molecule has 0 amide bonds. The molecule has 84 valence electrons. The molecule has 4 heteroatoms. The Labute approximate surface area is 98.1 Å². The van der Waals surface area contributed by atoms with E-state index in [-0.39, 0.29) is 6.04 Å². The average Bonchev–Trinajstić information content (AvgIpc) is 2.91. The van der Waals surface area contributed by atoms with Crippen molar-refractivity contribution in [2.45, 2.75) is 6.04 Å². The summed E-state index contributed by atoms with van der Waals surface area (Å²) in [6.45, 7) is 0. The lowest BCUT2D eigenvalue weighted by molar-refractivity contribution is 0.562. The minimum absolute atomic E-state index is 0.194. The summed E-state index contributed by atoms with van der Waals surface area (Å²) >= 11 is 0. The van der Waals surface area contributed by atoms with Gasteiger partial charge >= 0.3 is 0 Å². The fourth-order valence-electron chi connectivity index (χ4n) is 1.82. The molecule has 0 spiro atoms. The highest BCUT2D eigenvalue weighted by Gasteiger charge is 2.10. The number of rotatable bonds is 2. The van der Waals surface area contributed by atoms with Crippen molar-refractivity contribution in [1.29, 1.82) is 0 Å². The summed E-state index contributed by atoms with van der Waals surface area (Å²) in [7, 11) is 0. The first-order valence-corrected chi connectivity index (χ1v) is 5.33. The summed E-state index contributed by atoms with van der Waals surface area (Å²) in [6, 6.07) is 7.53. The SMILES string of the molecule is NC(c1ccoc1)c1ccc2nccnc2c1. The van der Waals surface area contributed by atoms with Gasteiger partial charge in [-0.3, -0.25) is 9.97 Å². The first-order valence-electron chi connectivity index (χ1n) is 5.33. The van der Waals surface area contributed by atoms with Gasteiger partial charge in [-0.05, 0) is 23.8 Å². The quantitative estimate of drug-likeness (QED) is 0.726. The van der Waals surface area contributed by atoms with Crippen LogP contribution in [0.4, 0.5) is 0 Å². The van der Waals surface area contributed by atoms with E-state index in [0.29, 0.717) is 0 Å². The Morgan fingerprint density at radius 3 is 2.59 bits per heavy atom. The van der Waals surface area contributed by atoms with Gasteiger partial charge in [0.05, 0.1) is 29.6 Å². The van der Waals surface area contributed by atoms with E-state index in [0.717, 1.165) is 22.2 Å². The molecule has 0 radical (unpaired) electrons. The molecule has 2 aromatic heterocycles. The molecule has 1 unspecified atom stereocenters. The maximum Gasteiger partial charge on any atom is 0.0953 e. The van der Waals surface area contributed by atoms with Crippen molar-refractivity contribution in [3.8, 4) is 0 Å². The zero-order chi connectivity index (χ0) is 11.7. The van der Waals surface area contributed by atoms with Crippen LogP contribution in [0.25, 0.3) is 11.0 Å². The lowest BCUT2D eigenvalue weighted by Gasteiger charge is -2.10. The number of hydrogen-bond donors (Lipinski definition) is 1. The molecule has 3 aromatic rings. The number of hydrogen-bond acceptors (Lipinski definition) is 4. The van der Waals surface area contributed by atoms with Crippen molar-refractivity contribution < 1.29 is 4.42 Å². The van der Waals surface area contributed by atoms with Crippen LogP contribution >= 0.6 is 0 Å². The van der Waals surface area contributed by atoms with Crippen molar-refractivity contribution in [1.82, 2.24) is 9.97 Å². The van der Waals surface area contributed by atoms with E-state index in [1.165, 1.54) is 0 Å². The van der Waals surface area contributed by atoms with Crippen molar-refractivity contribution in [2.75, 3.05) is 0 Å². The van der Waals surface area contributed by atoms with Crippen LogP contribution in [0.2, 0.25) is 0 Å². The van der Waals surface area contributed by atoms with Crippen LogP contribution in [0.5, 0.6) is 0 Å². The Kier molecular flexibility index (Phi) is 2.34. The molecular formula is C13H11N3O. The van der Waals surface area contributed by atoms with Crippen LogP contribution in [-0.2, 0) is 0 Å². The maximum atomic E-state index is 6.14. The van der Waals surface area contributed by atoms with Gasteiger partial charge in [0.1, 0.15) is 0 Å². The third kappa shape index (κ3) is 1.79. The van der Waals surface area contributed by atoms with Crippen LogP contribution in [0.3, 0.4) is 0 Å². The van der Waals surface area contributed by atoms with E-state index in [1.807, 2.05) is 24.3 Å². The van der Waals surface area contributed by atoms with Gasteiger partial charge < -0.3 is 10.2 Å². The second-order valence-electron chi connectivity index (χ2n) is 3.84. The fraction of sp³-hybridized carbons (Fsp3) is 0.0769. The summed E-state index contributed by atoms with van der Waals surface area (Å²) in [5.41, 5.74) is 9.82. The van der Waals surface area contributed by atoms with E-state index in [2.05, 4.69) is 9.97 Å². The molecule has 0 aliphatic rings. The molecule has 1 atom stereocenters. The zero-order valence-electron chi connectivity index (χ0n) is 9.08. The van der Waals surface area contributed by atoms with Crippen LogP contribution in [0.1, 0.15) is 17.2 Å². The third-order valence-electron chi connectivity index (χ3n) is 2.75.